The molecular formula is C17H13F3N4O. The lowest BCUT2D eigenvalue weighted by Gasteiger charge is -2.10. The number of benzene rings is 1. The van der Waals surface area contributed by atoms with Gasteiger partial charge in [0.15, 0.2) is 0 Å². The van der Waals surface area contributed by atoms with Crippen molar-refractivity contribution in [3.8, 4) is 11.4 Å². The second-order valence-corrected chi connectivity index (χ2v) is 5.22. The van der Waals surface area contributed by atoms with Crippen LogP contribution in [0, 0.1) is 0 Å². The normalized spacial score (nSPS) is 11.5. The molecule has 0 aliphatic rings. The molecule has 2 aromatic heterocycles. The van der Waals surface area contributed by atoms with E-state index in [1.807, 2.05) is 0 Å². The summed E-state index contributed by atoms with van der Waals surface area (Å²) in [6.07, 6.45) is -0.0178. The summed E-state index contributed by atoms with van der Waals surface area (Å²) in [7, 11) is 0. The number of nitrogens with zero attached hydrogens (tertiary/aromatic N) is 3. The van der Waals surface area contributed by atoms with E-state index < -0.39 is 11.7 Å². The molecule has 25 heavy (non-hydrogen) atoms. The fourth-order valence-electron chi connectivity index (χ4n) is 2.32. The van der Waals surface area contributed by atoms with Crippen molar-refractivity contribution in [2.45, 2.75) is 12.7 Å². The van der Waals surface area contributed by atoms with Gasteiger partial charge in [-0.25, -0.2) is 9.97 Å². The fourth-order valence-corrected chi connectivity index (χ4v) is 2.32. The van der Waals surface area contributed by atoms with Crippen molar-refractivity contribution in [2.75, 3.05) is 0 Å². The van der Waals surface area contributed by atoms with E-state index in [1.165, 1.54) is 12.1 Å². The second kappa shape index (κ2) is 6.39. The number of amides is 1. The Balaban J connectivity index is 2.01. The number of hydrogen-bond donors (Lipinski definition) is 1. The summed E-state index contributed by atoms with van der Waals surface area (Å²) in [4.78, 5) is 19.9. The molecule has 5 nitrogen and oxygen atoms in total. The molecule has 2 heterocycles. The first-order valence-corrected chi connectivity index (χ1v) is 7.29. The van der Waals surface area contributed by atoms with Crippen molar-refractivity contribution >= 4 is 11.6 Å². The Morgan fingerprint density at radius 2 is 2.00 bits per heavy atom. The topological polar surface area (TPSA) is 59.3 Å². The highest BCUT2D eigenvalue weighted by atomic mass is 19.4. The SMILES string of the molecule is C=CC(=O)NCc1cc2nccn2c(-c2ccc(C(F)(F)F)cc2)n1. The van der Waals surface area contributed by atoms with Gasteiger partial charge in [-0.3, -0.25) is 9.20 Å². The Morgan fingerprint density at radius 3 is 2.64 bits per heavy atom. The van der Waals surface area contributed by atoms with Crippen molar-refractivity contribution in [3.05, 3.63) is 66.6 Å². The molecule has 1 amide bonds. The Morgan fingerprint density at radius 1 is 1.28 bits per heavy atom. The van der Waals surface area contributed by atoms with Crippen LogP contribution in [0.3, 0.4) is 0 Å². The van der Waals surface area contributed by atoms with Crippen LogP contribution in [0.2, 0.25) is 0 Å². The average Bonchev–Trinajstić information content (AvgIpc) is 3.06. The Labute approximate surface area is 140 Å². The number of carbonyl (C=O) groups is 1. The van der Waals surface area contributed by atoms with Gasteiger partial charge in [0.05, 0.1) is 17.8 Å². The highest BCUT2D eigenvalue weighted by molar-refractivity contribution is 5.86. The zero-order valence-corrected chi connectivity index (χ0v) is 12.9. The molecule has 128 valence electrons. The third kappa shape index (κ3) is 3.52. The number of halogens is 3. The molecule has 1 aromatic carbocycles. The monoisotopic (exact) mass is 346 g/mol. The van der Waals surface area contributed by atoms with E-state index in [9.17, 15) is 18.0 Å². The van der Waals surface area contributed by atoms with Gasteiger partial charge in [0.25, 0.3) is 0 Å². The maximum atomic E-state index is 12.7. The van der Waals surface area contributed by atoms with Crippen LogP contribution in [0.15, 0.2) is 55.4 Å². The molecule has 0 aliphatic carbocycles. The highest BCUT2D eigenvalue weighted by Gasteiger charge is 2.30. The van der Waals surface area contributed by atoms with Gasteiger partial charge in [0.2, 0.25) is 5.91 Å². The quantitative estimate of drug-likeness (QED) is 0.738. The molecule has 0 spiro atoms. The first-order valence-electron chi connectivity index (χ1n) is 7.29. The van der Waals surface area contributed by atoms with Crippen LogP contribution in [-0.4, -0.2) is 20.3 Å². The molecule has 0 bridgehead atoms. The van der Waals surface area contributed by atoms with Gasteiger partial charge in [0.1, 0.15) is 11.5 Å². The van der Waals surface area contributed by atoms with Gasteiger partial charge < -0.3 is 5.32 Å². The van der Waals surface area contributed by atoms with Gasteiger partial charge in [-0.05, 0) is 18.2 Å². The molecule has 0 saturated carbocycles. The predicted molar refractivity (Wildman–Crippen MR) is 85.5 cm³/mol. The number of aromatic nitrogens is 3. The molecular weight excluding hydrogens is 333 g/mol. The number of hydrogen-bond acceptors (Lipinski definition) is 3. The van der Waals surface area contributed by atoms with Crippen LogP contribution in [0.25, 0.3) is 17.0 Å². The van der Waals surface area contributed by atoms with E-state index in [-0.39, 0.29) is 12.5 Å². The van der Waals surface area contributed by atoms with Crippen molar-refractivity contribution in [2.24, 2.45) is 0 Å². The van der Waals surface area contributed by atoms with Crippen molar-refractivity contribution in [1.82, 2.24) is 19.7 Å². The van der Waals surface area contributed by atoms with Crippen LogP contribution >= 0.6 is 0 Å². The summed E-state index contributed by atoms with van der Waals surface area (Å²) in [5.41, 5.74) is 0.886. The number of alkyl halides is 3. The van der Waals surface area contributed by atoms with E-state index >= 15 is 0 Å². The van der Waals surface area contributed by atoms with Crippen molar-refractivity contribution < 1.29 is 18.0 Å². The van der Waals surface area contributed by atoms with E-state index in [4.69, 9.17) is 0 Å². The predicted octanol–water partition coefficient (Wildman–Crippen LogP) is 3.22. The fraction of sp³-hybridized carbons (Fsp3) is 0.118. The molecule has 0 aliphatic heterocycles. The first-order chi connectivity index (χ1) is 11.9. The number of rotatable bonds is 4. The molecule has 3 aromatic rings. The van der Waals surface area contributed by atoms with E-state index in [0.29, 0.717) is 22.7 Å². The molecule has 0 unspecified atom stereocenters. The Kier molecular flexibility index (Phi) is 4.26. The number of imidazole rings is 1. The maximum Gasteiger partial charge on any atom is 0.416 e. The largest absolute Gasteiger partial charge is 0.416 e. The van der Waals surface area contributed by atoms with E-state index in [2.05, 4.69) is 21.9 Å². The minimum absolute atomic E-state index is 0.155. The Bertz CT molecular complexity index is 929. The van der Waals surface area contributed by atoms with Crippen molar-refractivity contribution in [1.29, 1.82) is 0 Å². The molecule has 8 heteroatoms. The van der Waals surface area contributed by atoms with Crippen molar-refractivity contribution in [3.63, 3.8) is 0 Å². The molecule has 0 radical (unpaired) electrons. The molecule has 0 saturated heterocycles. The summed E-state index contributed by atoms with van der Waals surface area (Å²) in [5, 5.41) is 2.61. The van der Waals surface area contributed by atoms with E-state index in [1.54, 1.807) is 22.9 Å². The minimum atomic E-state index is -4.40. The molecule has 1 N–H and O–H groups in total. The standard InChI is InChI=1S/C17H13F3N4O/c1-2-15(25)22-10-13-9-14-21-7-8-24(14)16(23-13)11-3-5-12(6-4-11)17(18,19)20/h2-9H,1,10H2,(H,22,25). The average molecular weight is 346 g/mol. The summed E-state index contributed by atoms with van der Waals surface area (Å²) in [6.45, 7) is 3.52. The van der Waals surface area contributed by atoms with E-state index in [0.717, 1.165) is 18.2 Å². The summed E-state index contributed by atoms with van der Waals surface area (Å²) < 4.78 is 39.8. The van der Waals surface area contributed by atoms with Crippen LogP contribution < -0.4 is 5.32 Å². The zero-order chi connectivity index (χ0) is 18.0. The lowest BCUT2D eigenvalue weighted by atomic mass is 10.1. The third-order valence-corrected chi connectivity index (χ3v) is 3.54. The number of nitrogens with one attached hydrogen (secondary N) is 1. The lowest BCUT2D eigenvalue weighted by molar-refractivity contribution is -0.137. The van der Waals surface area contributed by atoms with Gasteiger partial charge in [-0.2, -0.15) is 13.2 Å². The summed E-state index contributed by atoms with van der Waals surface area (Å²) in [5.74, 6) is 0.0904. The van der Waals surface area contributed by atoms with Crippen LogP contribution in [0.1, 0.15) is 11.3 Å². The van der Waals surface area contributed by atoms with Gasteiger partial charge >= 0.3 is 6.18 Å². The zero-order valence-electron chi connectivity index (χ0n) is 12.9. The summed E-state index contributed by atoms with van der Waals surface area (Å²) in [6, 6.07) is 6.42. The van der Waals surface area contributed by atoms with Crippen LogP contribution in [-0.2, 0) is 17.5 Å². The lowest BCUT2D eigenvalue weighted by Crippen LogP contribution is -2.21. The number of carbonyl (C=O) groups excluding carboxylic acids is 1. The molecule has 0 fully saturated rings. The van der Waals surface area contributed by atoms with Crippen LogP contribution in [0.5, 0.6) is 0 Å². The maximum absolute atomic E-state index is 12.7. The second-order valence-electron chi connectivity index (χ2n) is 5.22. The molecule has 0 atom stereocenters. The third-order valence-electron chi connectivity index (χ3n) is 3.54. The first kappa shape index (κ1) is 16.7. The highest BCUT2D eigenvalue weighted by Crippen LogP contribution is 2.30. The smallest absolute Gasteiger partial charge is 0.347 e. The minimum Gasteiger partial charge on any atom is -0.347 e. The molecule has 3 rings (SSSR count). The van der Waals surface area contributed by atoms with Gasteiger partial charge in [-0.15, -0.1) is 0 Å². The van der Waals surface area contributed by atoms with Crippen LogP contribution in [0.4, 0.5) is 13.2 Å². The van der Waals surface area contributed by atoms with Gasteiger partial charge in [-0.1, -0.05) is 18.7 Å². The number of fused-ring (bicyclic) bond motifs is 1. The van der Waals surface area contributed by atoms with Gasteiger partial charge in [0, 0.05) is 24.0 Å². The summed E-state index contributed by atoms with van der Waals surface area (Å²) >= 11 is 0. The Hall–Kier alpha value is -3.16.